The molecule has 1 amide bonds. The molecule has 1 aromatic rings. The summed E-state index contributed by atoms with van der Waals surface area (Å²) in [6.45, 7) is 1.76. The van der Waals surface area contributed by atoms with Crippen LogP contribution < -0.4 is 10.1 Å². The number of methoxy groups -OCH3 is 1. The smallest absolute Gasteiger partial charge is 0.225 e. The third kappa shape index (κ3) is 2.40. The molecule has 0 aliphatic rings. The summed E-state index contributed by atoms with van der Waals surface area (Å²) in [5.41, 5.74) is 0. The lowest BCUT2D eigenvalue weighted by Gasteiger charge is -2.05. The third-order valence-electron chi connectivity index (χ3n) is 1.48. The molecule has 0 fully saturated rings. The number of hydrogen-bond donors (Lipinski definition) is 1. The number of amides is 1. The van der Waals surface area contributed by atoms with E-state index < -0.39 is 0 Å². The predicted molar refractivity (Wildman–Crippen MR) is 47.5 cm³/mol. The second kappa shape index (κ2) is 4.39. The van der Waals surface area contributed by atoms with Crippen LogP contribution in [-0.4, -0.2) is 23.2 Å². The molecular weight excluding hydrogens is 170 g/mol. The van der Waals surface area contributed by atoms with E-state index in [1.54, 1.807) is 13.0 Å². The van der Waals surface area contributed by atoms with E-state index in [9.17, 15) is 4.79 Å². The second-order valence-corrected chi connectivity index (χ2v) is 2.35. The molecule has 0 atom stereocenters. The zero-order valence-corrected chi connectivity index (χ0v) is 7.57. The fourth-order valence-electron chi connectivity index (χ4n) is 0.792. The van der Waals surface area contributed by atoms with Gasteiger partial charge in [-0.05, 0) is 0 Å². The summed E-state index contributed by atoms with van der Waals surface area (Å²) in [5, 5.41) is 9.94. The van der Waals surface area contributed by atoms with Crippen molar-refractivity contribution in [3.05, 3.63) is 12.3 Å². The van der Waals surface area contributed by atoms with Crippen LogP contribution in [0.15, 0.2) is 12.3 Å². The Labute approximate surface area is 76.1 Å². The number of nitrogens with one attached hydrogen (secondary N) is 1. The summed E-state index contributed by atoms with van der Waals surface area (Å²) >= 11 is 0. The maximum absolute atomic E-state index is 11.0. The van der Waals surface area contributed by atoms with Crippen molar-refractivity contribution in [1.29, 1.82) is 0 Å². The molecule has 1 aromatic heterocycles. The van der Waals surface area contributed by atoms with E-state index in [-0.39, 0.29) is 5.91 Å². The molecule has 5 heteroatoms. The van der Waals surface area contributed by atoms with Gasteiger partial charge in [-0.3, -0.25) is 4.79 Å². The summed E-state index contributed by atoms with van der Waals surface area (Å²) in [6.07, 6.45) is 1.90. The topological polar surface area (TPSA) is 64.1 Å². The Morgan fingerprint density at radius 3 is 3.08 bits per heavy atom. The molecule has 70 valence electrons. The van der Waals surface area contributed by atoms with Gasteiger partial charge in [0, 0.05) is 12.5 Å². The number of ether oxygens (including phenoxy) is 1. The number of anilines is 1. The minimum Gasteiger partial charge on any atom is -0.493 e. The molecule has 1 heterocycles. The van der Waals surface area contributed by atoms with Gasteiger partial charge in [0.05, 0.1) is 13.3 Å². The highest BCUT2D eigenvalue weighted by molar-refractivity contribution is 5.90. The van der Waals surface area contributed by atoms with Crippen LogP contribution in [0.1, 0.15) is 13.3 Å². The van der Waals surface area contributed by atoms with Gasteiger partial charge in [0.15, 0.2) is 11.6 Å². The normalized spacial score (nSPS) is 9.38. The van der Waals surface area contributed by atoms with Crippen molar-refractivity contribution in [2.75, 3.05) is 12.4 Å². The first-order valence-corrected chi connectivity index (χ1v) is 3.93. The first kappa shape index (κ1) is 9.44. The highest BCUT2D eigenvalue weighted by Crippen LogP contribution is 2.18. The summed E-state index contributed by atoms with van der Waals surface area (Å²) in [4.78, 5) is 11.0. The molecule has 0 saturated carbocycles. The highest BCUT2D eigenvalue weighted by atomic mass is 16.5. The molecular formula is C8H11N3O2. The molecule has 1 rings (SSSR count). The lowest BCUT2D eigenvalue weighted by Crippen LogP contribution is -2.12. The monoisotopic (exact) mass is 181 g/mol. The molecule has 5 nitrogen and oxygen atoms in total. The summed E-state index contributed by atoms with van der Waals surface area (Å²) in [7, 11) is 1.51. The van der Waals surface area contributed by atoms with Crippen molar-refractivity contribution < 1.29 is 9.53 Å². The van der Waals surface area contributed by atoms with Gasteiger partial charge in [0.25, 0.3) is 0 Å². The Hall–Kier alpha value is -1.65. The predicted octanol–water partition coefficient (Wildman–Crippen LogP) is 0.834. The fraction of sp³-hybridized carbons (Fsp3) is 0.375. The molecule has 1 N–H and O–H groups in total. The molecule has 0 saturated heterocycles. The van der Waals surface area contributed by atoms with Crippen LogP contribution >= 0.6 is 0 Å². The van der Waals surface area contributed by atoms with Crippen molar-refractivity contribution in [3.8, 4) is 5.75 Å². The van der Waals surface area contributed by atoms with E-state index in [1.807, 2.05) is 0 Å². The molecule has 0 bridgehead atoms. The summed E-state index contributed by atoms with van der Waals surface area (Å²) in [5.74, 6) is 0.757. The van der Waals surface area contributed by atoms with Gasteiger partial charge in [-0.25, -0.2) is 0 Å². The second-order valence-electron chi connectivity index (χ2n) is 2.35. The number of carbonyl (C=O) groups is 1. The van der Waals surface area contributed by atoms with E-state index in [1.165, 1.54) is 13.3 Å². The van der Waals surface area contributed by atoms with Gasteiger partial charge in [0.2, 0.25) is 5.91 Å². The molecule has 0 spiro atoms. The van der Waals surface area contributed by atoms with Crippen LogP contribution in [0, 0.1) is 0 Å². The van der Waals surface area contributed by atoms with E-state index in [0.717, 1.165) is 0 Å². The van der Waals surface area contributed by atoms with E-state index in [0.29, 0.717) is 18.0 Å². The van der Waals surface area contributed by atoms with Crippen molar-refractivity contribution in [3.63, 3.8) is 0 Å². The van der Waals surface area contributed by atoms with Crippen LogP contribution in [0.25, 0.3) is 0 Å². The molecule has 0 aliphatic carbocycles. The van der Waals surface area contributed by atoms with Gasteiger partial charge >= 0.3 is 0 Å². The Balaban J connectivity index is 2.81. The maximum Gasteiger partial charge on any atom is 0.225 e. The molecule has 0 radical (unpaired) electrons. The van der Waals surface area contributed by atoms with Gasteiger partial charge in [0.1, 0.15) is 0 Å². The first-order chi connectivity index (χ1) is 6.27. The first-order valence-electron chi connectivity index (χ1n) is 3.93. The molecule has 0 aromatic carbocycles. The zero-order valence-electron chi connectivity index (χ0n) is 7.57. The van der Waals surface area contributed by atoms with Crippen LogP contribution in [0.5, 0.6) is 5.75 Å². The molecule has 13 heavy (non-hydrogen) atoms. The Morgan fingerprint density at radius 1 is 1.69 bits per heavy atom. The Kier molecular flexibility index (Phi) is 3.19. The van der Waals surface area contributed by atoms with Gasteiger partial charge in [-0.2, -0.15) is 5.10 Å². The number of carbonyl (C=O) groups excluding carboxylic acids is 1. The van der Waals surface area contributed by atoms with Crippen molar-refractivity contribution >= 4 is 11.7 Å². The van der Waals surface area contributed by atoms with Crippen LogP contribution in [0.3, 0.4) is 0 Å². The minimum absolute atomic E-state index is 0.112. The number of nitrogens with zero attached hydrogens (tertiary/aromatic N) is 2. The van der Waals surface area contributed by atoms with Crippen molar-refractivity contribution in [2.24, 2.45) is 0 Å². The van der Waals surface area contributed by atoms with Crippen molar-refractivity contribution in [1.82, 2.24) is 10.2 Å². The average Bonchev–Trinajstić information content (AvgIpc) is 2.18. The minimum atomic E-state index is -0.112. The summed E-state index contributed by atoms with van der Waals surface area (Å²) < 4.78 is 4.97. The van der Waals surface area contributed by atoms with Crippen LogP contribution in [0.4, 0.5) is 5.82 Å². The lowest BCUT2D eigenvalue weighted by molar-refractivity contribution is -0.115. The summed E-state index contributed by atoms with van der Waals surface area (Å²) in [6, 6.07) is 1.64. The van der Waals surface area contributed by atoms with Crippen LogP contribution in [-0.2, 0) is 4.79 Å². The van der Waals surface area contributed by atoms with Gasteiger partial charge < -0.3 is 10.1 Å². The third-order valence-corrected chi connectivity index (χ3v) is 1.48. The number of hydrogen-bond acceptors (Lipinski definition) is 4. The van der Waals surface area contributed by atoms with Crippen LogP contribution in [0.2, 0.25) is 0 Å². The largest absolute Gasteiger partial charge is 0.493 e. The zero-order chi connectivity index (χ0) is 9.68. The average molecular weight is 181 g/mol. The van der Waals surface area contributed by atoms with Gasteiger partial charge in [-0.1, -0.05) is 6.92 Å². The van der Waals surface area contributed by atoms with E-state index >= 15 is 0 Å². The molecule has 0 aliphatic heterocycles. The Bertz CT molecular complexity index is 301. The number of rotatable bonds is 3. The van der Waals surface area contributed by atoms with E-state index in [4.69, 9.17) is 4.74 Å². The fourth-order valence-corrected chi connectivity index (χ4v) is 0.792. The Morgan fingerprint density at radius 2 is 2.46 bits per heavy atom. The van der Waals surface area contributed by atoms with Crippen molar-refractivity contribution in [2.45, 2.75) is 13.3 Å². The highest BCUT2D eigenvalue weighted by Gasteiger charge is 2.06. The quantitative estimate of drug-likeness (QED) is 0.750. The molecule has 0 unspecified atom stereocenters. The maximum atomic E-state index is 11.0. The SMILES string of the molecule is CCC(=O)Nc1nnccc1OC. The van der Waals surface area contributed by atoms with Gasteiger partial charge in [-0.15, -0.1) is 5.10 Å². The van der Waals surface area contributed by atoms with E-state index in [2.05, 4.69) is 15.5 Å². The number of aromatic nitrogens is 2. The lowest BCUT2D eigenvalue weighted by atomic mass is 10.4. The standard InChI is InChI=1S/C8H11N3O2/c1-3-7(12)10-8-6(13-2)4-5-9-11-8/h4-5H,3H2,1-2H3,(H,10,11,12).